The third kappa shape index (κ3) is 1.28. The standard InChI is InChI=1S/C11H12N2O2S/c1-14-10-7-5-16-3-2-6(7)9-8(12)4-15-11(9)13-10/h4H,2-3,5,12H2,1H3. The van der Waals surface area contributed by atoms with Crippen molar-refractivity contribution in [3.05, 3.63) is 17.4 Å². The molecule has 16 heavy (non-hydrogen) atoms. The first-order valence-electron chi connectivity index (χ1n) is 5.11. The van der Waals surface area contributed by atoms with Crippen molar-refractivity contribution < 1.29 is 9.15 Å². The van der Waals surface area contributed by atoms with E-state index in [2.05, 4.69) is 4.98 Å². The summed E-state index contributed by atoms with van der Waals surface area (Å²) in [5, 5.41) is 0.969. The van der Waals surface area contributed by atoms with Gasteiger partial charge in [0.05, 0.1) is 18.2 Å². The Labute approximate surface area is 97.2 Å². The summed E-state index contributed by atoms with van der Waals surface area (Å²) in [6.07, 6.45) is 2.55. The van der Waals surface area contributed by atoms with E-state index in [1.54, 1.807) is 13.4 Å². The van der Waals surface area contributed by atoms with Crippen LogP contribution >= 0.6 is 11.8 Å². The zero-order chi connectivity index (χ0) is 11.1. The molecular formula is C11H12N2O2S. The Morgan fingerprint density at radius 2 is 2.38 bits per heavy atom. The number of aryl methyl sites for hydroxylation is 1. The lowest BCUT2D eigenvalue weighted by Crippen LogP contribution is -2.07. The number of ether oxygens (including phenoxy) is 1. The average Bonchev–Trinajstić information content (AvgIpc) is 2.70. The maximum Gasteiger partial charge on any atom is 0.231 e. The summed E-state index contributed by atoms with van der Waals surface area (Å²) in [5.41, 5.74) is 9.58. The summed E-state index contributed by atoms with van der Waals surface area (Å²) >= 11 is 1.89. The van der Waals surface area contributed by atoms with Crippen LogP contribution in [0.15, 0.2) is 10.7 Å². The normalized spacial score (nSPS) is 15.1. The van der Waals surface area contributed by atoms with Crippen molar-refractivity contribution in [1.29, 1.82) is 0 Å². The molecule has 5 heteroatoms. The topological polar surface area (TPSA) is 61.3 Å². The van der Waals surface area contributed by atoms with Gasteiger partial charge in [0.25, 0.3) is 0 Å². The Hall–Kier alpha value is -1.36. The van der Waals surface area contributed by atoms with Crippen LogP contribution in [-0.4, -0.2) is 17.8 Å². The van der Waals surface area contributed by atoms with Gasteiger partial charge in [0.1, 0.15) is 6.26 Å². The van der Waals surface area contributed by atoms with Crippen LogP contribution in [0.4, 0.5) is 5.69 Å². The van der Waals surface area contributed by atoms with E-state index in [0.29, 0.717) is 17.3 Å². The number of rotatable bonds is 1. The second-order valence-corrected chi connectivity index (χ2v) is 4.86. The van der Waals surface area contributed by atoms with Gasteiger partial charge in [-0.3, -0.25) is 0 Å². The second kappa shape index (κ2) is 3.59. The summed E-state index contributed by atoms with van der Waals surface area (Å²) in [6.45, 7) is 0. The van der Waals surface area contributed by atoms with Gasteiger partial charge in [-0.25, -0.2) is 0 Å². The molecule has 0 saturated carbocycles. The predicted molar refractivity (Wildman–Crippen MR) is 64.8 cm³/mol. The van der Waals surface area contributed by atoms with Crippen LogP contribution in [0, 0.1) is 0 Å². The lowest BCUT2D eigenvalue weighted by Gasteiger charge is -2.18. The highest BCUT2D eigenvalue weighted by Crippen LogP contribution is 2.38. The van der Waals surface area contributed by atoms with Crippen LogP contribution in [0.3, 0.4) is 0 Å². The van der Waals surface area contributed by atoms with E-state index in [4.69, 9.17) is 14.9 Å². The number of nitrogens with zero attached hydrogens (tertiary/aromatic N) is 1. The number of aromatic nitrogens is 1. The lowest BCUT2D eigenvalue weighted by molar-refractivity contribution is 0.392. The molecule has 3 heterocycles. The van der Waals surface area contributed by atoms with Crippen LogP contribution < -0.4 is 10.5 Å². The van der Waals surface area contributed by atoms with Crippen LogP contribution in [0.25, 0.3) is 11.1 Å². The Bertz CT molecular complexity index is 550. The molecule has 0 radical (unpaired) electrons. The molecule has 2 aromatic heterocycles. The average molecular weight is 236 g/mol. The monoisotopic (exact) mass is 236 g/mol. The molecule has 0 aromatic carbocycles. The van der Waals surface area contributed by atoms with Crippen molar-refractivity contribution >= 4 is 28.5 Å². The van der Waals surface area contributed by atoms with Crippen molar-refractivity contribution in [1.82, 2.24) is 4.98 Å². The van der Waals surface area contributed by atoms with Crippen LogP contribution in [0.5, 0.6) is 5.88 Å². The van der Waals surface area contributed by atoms with E-state index in [0.717, 1.165) is 23.3 Å². The molecule has 3 rings (SSSR count). The predicted octanol–water partition coefficient (Wildman–Crippen LogP) is 2.21. The maximum absolute atomic E-state index is 5.91. The van der Waals surface area contributed by atoms with E-state index in [1.165, 1.54) is 11.1 Å². The summed E-state index contributed by atoms with van der Waals surface area (Å²) in [6, 6.07) is 0. The molecule has 2 N–H and O–H groups in total. The number of nitrogen functional groups attached to an aromatic ring is 1. The third-order valence-corrected chi connectivity index (χ3v) is 3.85. The molecule has 0 aliphatic carbocycles. The molecule has 2 aromatic rings. The zero-order valence-corrected chi connectivity index (χ0v) is 9.76. The molecule has 0 spiro atoms. The third-order valence-electron chi connectivity index (χ3n) is 2.86. The number of furan rings is 1. The van der Waals surface area contributed by atoms with E-state index < -0.39 is 0 Å². The maximum atomic E-state index is 5.91. The van der Waals surface area contributed by atoms with Crippen molar-refractivity contribution in [2.45, 2.75) is 12.2 Å². The van der Waals surface area contributed by atoms with Crippen molar-refractivity contribution in [3.63, 3.8) is 0 Å². The fourth-order valence-corrected chi connectivity index (χ4v) is 3.12. The smallest absolute Gasteiger partial charge is 0.231 e. The highest BCUT2D eigenvalue weighted by molar-refractivity contribution is 7.98. The molecular weight excluding hydrogens is 224 g/mol. The molecule has 0 atom stereocenters. The fourth-order valence-electron chi connectivity index (χ4n) is 2.13. The van der Waals surface area contributed by atoms with E-state index in [9.17, 15) is 0 Å². The summed E-state index contributed by atoms with van der Waals surface area (Å²) < 4.78 is 10.6. The lowest BCUT2D eigenvalue weighted by atomic mass is 10.0. The van der Waals surface area contributed by atoms with Crippen molar-refractivity contribution in [3.8, 4) is 5.88 Å². The number of pyridine rings is 1. The van der Waals surface area contributed by atoms with Gasteiger partial charge in [-0.05, 0) is 17.7 Å². The molecule has 0 fully saturated rings. The van der Waals surface area contributed by atoms with E-state index in [1.807, 2.05) is 11.8 Å². The fraction of sp³-hybridized carbons (Fsp3) is 0.364. The minimum absolute atomic E-state index is 0.583. The minimum Gasteiger partial charge on any atom is -0.481 e. The minimum atomic E-state index is 0.583. The number of nitrogens with two attached hydrogens (primary N) is 1. The quantitative estimate of drug-likeness (QED) is 0.822. The van der Waals surface area contributed by atoms with Crippen LogP contribution in [0.1, 0.15) is 11.1 Å². The van der Waals surface area contributed by atoms with Gasteiger partial charge in [0.2, 0.25) is 11.6 Å². The molecule has 0 unspecified atom stereocenters. The summed E-state index contributed by atoms with van der Waals surface area (Å²) in [5.74, 6) is 2.72. The van der Waals surface area contributed by atoms with Gasteiger partial charge in [-0.15, -0.1) is 0 Å². The number of fused-ring (bicyclic) bond motifs is 3. The Morgan fingerprint density at radius 1 is 1.50 bits per heavy atom. The van der Waals surface area contributed by atoms with Gasteiger partial charge in [0.15, 0.2) is 0 Å². The Balaban J connectivity index is 2.38. The first-order valence-corrected chi connectivity index (χ1v) is 6.27. The van der Waals surface area contributed by atoms with Gasteiger partial charge in [-0.2, -0.15) is 16.7 Å². The van der Waals surface area contributed by atoms with Gasteiger partial charge in [0, 0.05) is 11.3 Å². The molecule has 84 valence electrons. The SMILES string of the molecule is COc1nc2occ(N)c2c2c1CSCC2. The molecule has 0 saturated heterocycles. The molecule has 4 nitrogen and oxygen atoms in total. The van der Waals surface area contributed by atoms with Crippen LogP contribution in [0.2, 0.25) is 0 Å². The Morgan fingerprint density at radius 3 is 3.19 bits per heavy atom. The highest BCUT2D eigenvalue weighted by atomic mass is 32.2. The number of hydrogen-bond acceptors (Lipinski definition) is 5. The molecule has 1 aliphatic rings. The highest BCUT2D eigenvalue weighted by Gasteiger charge is 2.22. The summed E-state index contributed by atoms with van der Waals surface area (Å²) in [7, 11) is 1.64. The number of methoxy groups -OCH3 is 1. The number of thioether (sulfide) groups is 1. The van der Waals surface area contributed by atoms with Gasteiger partial charge >= 0.3 is 0 Å². The summed E-state index contributed by atoms with van der Waals surface area (Å²) in [4.78, 5) is 4.35. The number of anilines is 1. The second-order valence-electron chi connectivity index (χ2n) is 3.75. The first kappa shape index (κ1) is 9.84. The van der Waals surface area contributed by atoms with Crippen molar-refractivity contribution in [2.75, 3.05) is 18.6 Å². The molecule has 0 amide bonds. The van der Waals surface area contributed by atoms with Gasteiger partial charge in [-0.1, -0.05) is 0 Å². The number of hydrogen-bond donors (Lipinski definition) is 1. The van der Waals surface area contributed by atoms with Crippen molar-refractivity contribution in [2.24, 2.45) is 0 Å². The van der Waals surface area contributed by atoms with E-state index >= 15 is 0 Å². The first-order chi connectivity index (χ1) is 7.81. The van der Waals surface area contributed by atoms with Crippen LogP contribution in [-0.2, 0) is 12.2 Å². The van der Waals surface area contributed by atoms with Gasteiger partial charge < -0.3 is 14.9 Å². The Kier molecular flexibility index (Phi) is 2.21. The van der Waals surface area contributed by atoms with E-state index in [-0.39, 0.29) is 0 Å². The largest absolute Gasteiger partial charge is 0.481 e. The zero-order valence-electron chi connectivity index (χ0n) is 8.95. The molecule has 1 aliphatic heterocycles. The molecule has 0 bridgehead atoms.